The van der Waals surface area contributed by atoms with Crippen molar-refractivity contribution < 1.29 is 14.4 Å². The van der Waals surface area contributed by atoms with E-state index in [4.69, 9.17) is 10.8 Å². The molecule has 1 aromatic carbocycles. The molecule has 0 aliphatic rings. The van der Waals surface area contributed by atoms with Crippen LogP contribution in [0.15, 0.2) is 41.2 Å². The Morgan fingerprint density at radius 2 is 2.17 bits per heavy atom. The van der Waals surface area contributed by atoms with E-state index in [2.05, 4.69) is 15.0 Å². The average Bonchev–Trinajstić information content (AvgIpc) is 2.85. The molecular formula is C12H13N3O3. The highest BCUT2D eigenvalue weighted by atomic mass is 16.5. The lowest BCUT2D eigenvalue weighted by Gasteiger charge is -2.10. The molecule has 2 aromatic rings. The molecule has 1 aromatic heterocycles. The first-order valence-corrected chi connectivity index (χ1v) is 5.39. The van der Waals surface area contributed by atoms with Crippen LogP contribution in [0.1, 0.15) is 5.56 Å². The molecule has 0 saturated carbocycles. The first-order chi connectivity index (χ1) is 8.65. The number of phenolic OH excluding ortho intramolecular Hbond substituents is 1. The van der Waals surface area contributed by atoms with Crippen molar-refractivity contribution in [3.8, 4) is 5.75 Å². The van der Waals surface area contributed by atoms with Gasteiger partial charge in [-0.1, -0.05) is 17.3 Å². The fraction of sp³-hybridized carbons (Fsp3) is 0.167. The number of nitrogens with two attached hydrogens (primary N) is 1. The van der Waals surface area contributed by atoms with Crippen LogP contribution in [0.3, 0.4) is 0 Å². The molecule has 0 aliphatic carbocycles. The van der Waals surface area contributed by atoms with Crippen molar-refractivity contribution in [3.05, 3.63) is 42.3 Å². The van der Waals surface area contributed by atoms with E-state index in [0.717, 1.165) is 5.56 Å². The lowest BCUT2D eigenvalue weighted by atomic mass is 10.1. The third-order valence-electron chi connectivity index (χ3n) is 2.43. The number of aromatic hydroxyl groups is 1. The SMILES string of the molecule is N[C@H](Cc1ccc(O)cc1)C(=O)Nc1cnoc1. The summed E-state index contributed by atoms with van der Waals surface area (Å²) >= 11 is 0. The van der Waals surface area contributed by atoms with E-state index in [1.807, 2.05) is 0 Å². The van der Waals surface area contributed by atoms with Gasteiger partial charge in [-0.3, -0.25) is 4.79 Å². The summed E-state index contributed by atoms with van der Waals surface area (Å²) in [6.07, 6.45) is 3.10. The molecule has 1 amide bonds. The number of rotatable bonds is 4. The molecule has 6 nitrogen and oxygen atoms in total. The number of hydrogen-bond acceptors (Lipinski definition) is 5. The fourth-order valence-electron chi connectivity index (χ4n) is 1.48. The van der Waals surface area contributed by atoms with Crippen LogP contribution in [0.5, 0.6) is 5.75 Å². The zero-order valence-corrected chi connectivity index (χ0v) is 9.54. The van der Waals surface area contributed by atoms with Gasteiger partial charge in [-0.05, 0) is 24.1 Å². The summed E-state index contributed by atoms with van der Waals surface area (Å²) in [6, 6.07) is 5.88. The first kappa shape index (κ1) is 12.1. The summed E-state index contributed by atoms with van der Waals surface area (Å²) in [5, 5.41) is 15.2. The van der Waals surface area contributed by atoms with Gasteiger partial charge >= 0.3 is 0 Å². The number of phenols is 1. The quantitative estimate of drug-likeness (QED) is 0.744. The highest BCUT2D eigenvalue weighted by Crippen LogP contribution is 2.11. The molecule has 0 radical (unpaired) electrons. The summed E-state index contributed by atoms with van der Waals surface area (Å²) in [4.78, 5) is 11.7. The van der Waals surface area contributed by atoms with Gasteiger partial charge in [0.25, 0.3) is 0 Å². The highest BCUT2D eigenvalue weighted by Gasteiger charge is 2.14. The first-order valence-electron chi connectivity index (χ1n) is 5.39. The zero-order valence-electron chi connectivity index (χ0n) is 9.54. The maximum atomic E-state index is 11.7. The van der Waals surface area contributed by atoms with E-state index < -0.39 is 6.04 Å². The van der Waals surface area contributed by atoms with E-state index >= 15 is 0 Å². The summed E-state index contributed by atoms with van der Waals surface area (Å²) in [5.74, 6) is -0.132. The van der Waals surface area contributed by atoms with Crippen LogP contribution in [0.2, 0.25) is 0 Å². The van der Waals surface area contributed by atoms with Crippen molar-refractivity contribution in [2.24, 2.45) is 5.73 Å². The molecule has 6 heteroatoms. The Bertz CT molecular complexity index is 508. The fourth-order valence-corrected chi connectivity index (χ4v) is 1.48. The number of nitrogens with zero attached hydrogens (tertiary/aromatic N) is 1. The van der Waals surface area contributed by atoms with Gasteiger partial charge in [0.2, 0.25) is 5.91 Å². The topological polar surface area (TPSA) is 101 Å². The normalized spacial score (nSPS) is 12.1. The summed E-state index contributed by atoms with van der Waals surface area (Å²) in [5.41, 5.74) is 7.13. The maximum absolute atomic E-state index is 11.7. The lowest BCUT2D eigenvalue weighted by Crippen LogP contribution is -2.37. The number of carbonyl (C=O) groups excluding carboxylic acids is 1. The predicted octanol–water partition coefficient (Wildman–Crippen LogP) is 0.889. The third-order valence-corrected chi connectivity index (χ3v) is 2.43. The smallest absolute Gasteiger partial charge is 0.241 e. The average molecular weight is 247 g/mol. The number of hydrogen-bond donors (Lipinski definition) is 3. The second kappa shape index (κ2) is 5.33. The van der Waals surface area contributed by atoms with Crippen molar-refractivity contribution in [2.75, 3.05) is 5.32 Å². The van der Waals surface area contributed by atoms with Crippen LogP contribution in [0, 0.1) is 0 Å². The van der Waals surface area contributed by atoms with E-state index in [1.54, 1.807) is 24.3 Å². The molecule has 0 fully saturated rings. The number of benzene rings is 1. The van der Waals surface area contributed by atoms with Gasteiger partial charge in [0, 0.05) is 0 Å². The Labute approximate surface area is 103 Å². The van der Waals surface area contributed by atoms with Gasteiger partial charge in [-0.25, -0.2) is 0 Å². The van der Waals surface area contributed by atoms with Crippen molar-refractivity contribution in [1.29, 1.82) is 0 Å². The van der Waals surface area contributed by atoms with Gasteiger partial charge in [0.05, 0.1) is 12.2 Å². The van der Waals surface area contributed by atoms with E-state index in [9.17, 15) is 4.79 Å². The molecular weight excluding hydrogens is 234 g/mol. The van der Waals surface area contributed by atoms with Crippen LogP contribution >= 0.6 is 0 Å². The number of amides is 1. The Hall–Kier alpha value is -2.34. The summed E-state index contributed by atoms with van der Waals surface area (Å²) in [7, 11) is 0. The molecule has 0 aliphatic heterocycles. The Balaban J connectivity index is 1.93. The molecule has 0 spiro atoms. The second-order valence-electron chi connectivity index (χ2n) is 3.88. The predicted molar refractivity (Wildman–Crippen MR) is 64.9 cm³/mol. The van der Waals surface area contributed by atoms with E-state index in [1.165, 1.54) is 12.5 Å². The minimum absolute atomic E-state index is 0.182. The number of carbonyl (C=O) groups is 1. The van der Waals surface area contributed by atoms with E-state index in [-0.39, 0.29) is 11.7 Å². The highest BCUT2D eigenvalue weighted by molar-refractivity contribution is 5.94. The molecule has 18 heavy (non-hydrogen) atoms. The lowest BCUT2D eigenvalue weighted by molar-refractivity contribution is -0.117. The Morgan fingerprint density at radius 3 is 2.78 bits per heavy atom. The van der Waals surface area contributed by atoms with Crippen molar-refractivity contribution in [1.82, 2.24) is 5.16 Å². The number of aromatic nitrogens is 1. The molecule has 94 valence electrons. The summed E-state index contributed by atoms with van der Waals surface area (Å²) < 4.78 is 4.59. The largest absolute Gasteiger partial charge is 0.508 e. The minimum Gasteiger partial charge on any atom is -0.508 e. The molecule has 2 rings (SSSR count). The monoisotopic (exact) mass is 247 g/mol. The molecule has 0 unspecified atom stereocenters. The van der Waals surface area contributed by atoms with Crippen LogP contribution < -0.4 is 11.1 Å². The van der Waals surface area contributed by atoms with Crippen molar-refractivity contribution in [2.45, 2.75) is 12.5 Å². The third kappa shape index (κ3) is 3.08. The van der Waals surface area contributed by atoms with Crippen LogP contribution in [0.4, 0.5) is 5.69 Å². The van der Waals surface area contributed by atoms with Crippen LogP contribution in [-0.4, -0.2) is 22.2 Å². The molecule has 0 saturated heterocycles. The van der Waals surface area contributed by atoms with Crippen LogP contribution in [-0.2, 0) is 11.2 Å². The van der Waals surface area contributed by atoms with Gasteiger partial charge in [-0.2, -0.15) is 0 Å². The van der Waals surface area contributed by atoms with Crippen molar-refractivity contribution >= 4 is 11.6 Å². The van der Waals surface area contributed by atoms with Gasteiger partial charge in [0.1, 0.15) is 17.7 Å². The van der Waals surface area contributed by atoms with Gasteiger partial charge in [-0.15, -0.1) is 0 Å². The summed E-state index contributed by atoms with van der Waals surface area (Å²) in [6.45, 7) is 0. The molecule has 1 heterocycles. The second-order valence-corrected chi connectivity index (χ2v) is 3.88. The van der Waals surface area contributed by atoms with Crippen molar-refractivity contribution in [3.63, 3.8) is 0 Å². The number of nitrogens with one attached hydrogen (secondary N) is 1. The van der Waals surface area contributed by atoms with E-state index in [0.29, 0.717) is 12.1 Å². The van der Waals surface area contributed by atoms with Gasteiger partial charge in [0.15, 0.2) is 0 Å². The molecule has 4 N–H and O–H groups in total. The number of anilines is 1. The zero-order chi connectivity index (χ0) is 13.0. The minimum atomic E-state index is -0.676. The standard InChI is InChI=1S/C12H13N3O3/c13-11(5-8-1-3-10(16)4-2-8)12(17)15-9-6-14-18-7-9/h1-4,6-7,11,16H,5,13H2,(H,15,17)/t11-/m1/s1. The molecule has 1 atom stereocenters. The van der Waals surface area contributed by atoms with Gasteiger partial charge < -0.3 is 20.7 Å². The Morgan fingerprint density at radius 1 is 1.44 bits per heavy atom. The van der Waals surface area contributed by atoms with Crippen LogP contribution in [0.25, 0.3) is 0 Å². The Kier molecular flexibility index (Phi) is 3.59. The maximum Gasteiger partial charge on any atom is 0.241 e. The molecule has 0 bridgehead atoms.